The number of piperidine rings is 1. The van der Waals surface area contributed by atoms with Crippen LogP contribution in [-0.4, -0.2) is 64.3 Å². The van der Waals surface area contributed by atoms with Crippen LogP contribution in [-0.2, 0) is 9.53 Å². The van der Waals surface area contributed by atoms with Gasteiger partial charge in [0.1, 0.15) is 34.4 Å². The summed E-state index contributed by atoms with van der Waals surface area (Å²) in [5.41, 5.74) is 9.76. The van der Waals surface area contributed by atoms with Crippen molar-refractivity contribution in [2.45, 2.75) is 58.4 Å². The quantitative estimate of drug-likeness (QED) is 0.153. The number of likely N-dealkylation sites (tertiary alicyclic amines) is 1. The van der Waals surface area contributed by atoms with Crippen LogP contribution in [0.1, 0.15) is 74.6 Å². The van der Waals surface area contributed by atoms with E-state index >= 15 is 0 Å². The van der Waals surface area contributed by atoms with E-state index in [4.69, 9.17) is 20.2 Å². The number of nitrogens with one attached hydrogen (secondary N) is 1. The number of carbonyl (C=O) groups is 2. The van der Waals surface area contributed by atoms with Crippen LogP contribution in [0.5, 0.6) is 5.75 Å². The number of fused-ring (bicyclic) bond motifs is 1. The number of imidazole rings is 1. The molecule has 0 unspecified atom stereocenters. The fourth-order valence-electron chi connectivity index (χ4n) is 5.60. The summed E-state index contributed by atoms with van der Waals surface area (Å²) < 4.78 is 12.7. The summed E-state index contributed by atoms with van der Waals surface area (Å²) in [6.45, 7) is 8.86. The van der Waals surface area contributed by atoms with E-state index in [9.17, 15) is 9.59 Å². The van der Waals surface area contributed by atoms with Crippen LogP contribution in [0.25, 0.3) is 16.8 Å². The number of amides is 2. The number of ether oxygens (including phenoxy) is 2. The van der Waals surface area contributed by atoms with Gasteiger partial charge in [0, 0.05) is 44.2 Å². The van der Waals surface area contributed by atoms with Crippen molar-refractivity contribution < 1.29 is 19.1 Å². The van der Waals surface area contributed by atoms with Gasteiger partial charge >= 0.3 is 0 Å². The molecule has 3 aromatic rings. The lowest BCUT2D eigenvalue weighted by Gasteiger charge is -2.35. The van der Waals surface area contributed by atoms with Crippen molar-refractivity contribution in [2.24, 2.45) is 4.99 Å². The standard InChI is InChI=1S/C34H43N7O4/c1-6-12-23(3)21-28(36-7-2)38-34(43)25-16-15-24(22-27(25)45-5)30-31-32(35)37-17-19-41(31)33(39-30)26-13-8-10-18-40(26)29(42)14-9-11-20-44-4/h7,9,11,15-17,19,21-22,26H,2,6,8,10,12-14,18,20H2,1,3-5H3,(H2,35,37)(H,36,38,43)/b11-9-,23-21+/t26-/m0/s1. The molecule has 4 rings (SSSR count). The molecule has 0 bridgehead atoms. The van der Waals surface area contributed by atoms with Gasteiger partial charge in [-0.15, -0.1) is 0 Å². The average Bonchev–Trinajstić information content (AvgIpc) is 3.43. The van der Waals surface area contributed by atoms with Gasteiger partial charge in [-0.1, -0.05) is 43.7 Å². The summed E-state index contributed by atoms with van der Waals surface area (Å²) in [5, 5.41) is 2.86. The van der Waals surface area contributed by atoms with Gasteiger partial charge in [0.2, 0.25) is 5.91 Å². The molecule has 11 nitrogen and oxygen atoms in total. The van der Waals surface area contributed by atoms with Crippen molar-refractivity contribution in [1.29, 1.82) is 0 Å². The molecule has 0 radical (unpaired) electrons. The van der Waals surface area contributed by atoms with Gasteiger partial charge in [-0.2, -0.15) is 0 Å². The molecule has 1 aliphatic rings. The molecule has 2 amide bonds. The topological polar surface area (TPSA) is 136 Å². The maximum atomic E-state index is 13.4. The molecule has 1 aliphatic heterocycles. The maximum Gasteiger partial charge on any atom is 0.260 e. The first kappa shape index (κ1) is 33.1. The molecule has 0 aliphatic carbocycles. The number of nitrogen functional groups attached to an aromatic ring is 1. The number of nitrogens with zero attached hydrogens (tertiary/aromatic N) is 5. The Morgan fingerprint density at radius 3 is 2.80 bits per heavy atom. The highest BCUT2D eigenvalue weighted by atomic mass is 16.5. The number of benzene rings is 1. The fraction of sp³-hybridized carbons (Fsp3) is 0.382. The van der Waals surface area contributed by atoms with E-state index in [0.29, 0.717) is 58.7 Å². The van der Waals surface area contributed by atoms with Crippen LogP contribution in [0.2, 0.25) is 0 Å². The summed E-state index contributed by atoms with van der Waals surface area (Å²) in [4.78, 5) is 42.2. The Kier molecular flexibility index (Phi) is 11.6. The number of carbonyl (C=O) groups excluding carboxylic acids is 2. The molecule has 2 aromatic heterocycles. The first-order chi connectivity index (χ1) is 21.8. The first-order valence-electron chi connectivity index (χ1n) is 15.2. The third kappa shape index (κ3) is 7.85. The van der Waals surface area contributed by atoms with E-state index in [1.165, 1.54) is 13.3 Å². The molecular formula is C34H43N7O4. The van der Waals surface area contributed by atoms with Gasteiger partial charge in [0.25, 0.3) is 5.91 Å². The van der Waals surface area contributed by atoms with Gasteiger partial charge in [-0.3, -0.25) is 14.0 Å². The second-order valence-corrected chi connectivity index (χ2v) is 10.9. The molecule has 1 saturated heterocycles. The molecule has 1 atom stereocenters. The Morgan fingerprint density at radius 2 is 2.07 bits per heavy atom. The molecule has 0 spiro atoms. The Labute approximate surface area is 264 Å². The van der Waals surface area contributed by atoms with Crippen molar-refractivity contribution >= 4 is 29.0 Å². The number of allylic oxidation sites excluding steroid dienone is 1. The predicted molar refractivity (Wildman–Crippen MR) is 177 cm³/mol. The molecule has 1 aromatic carbocycles. The molecule has 0 saturated carbocycles. The Morgan fingerprint density at radius 1 is 1.24 bits per heavy atom. The second kappa shape index (κ2) is 15.8. The number of methoxy groups -OCH3 is 2. The molecule has 238 valence electrons. The van der Waals surface area contributed by atoms with Crippen LogP contribution < -0.4 is 15.8 Å². The third-order valence-corrected chi connectivity index (χ3v) is 7.67. The number of rotatable bonds is 12. The third-order valence-electron chi connectivity index (χ3n) is 7.67. The lowest BCUT2D eigenvalue weighted by atomic mass is 10.0. The number of amidine groups is 1. The lowest BCUT2D eigenvalue weighted by Crippen LogP contribution is -2.39. The average molecular weight is 614 g/mol. The SMILES string of the molecule is C=CN=C(/C=C(\C)CCC)NC(=O)c1ccc(-c2nc([C@@H]3CCCCN3C(=O)C/C=C\COC)n3ccnc(N)c23)cc1OC. The van der Waals surface area contributed by atoms with Crippen molar-refractivity contribution in [3.05, 3.63) is 78.6 Å². The molecule has 3 heterocycles. The summed E-state index contributed by atoms with van der Waals surface area (Å²) in [5.74, 6) is 1.44. The van der Waals surface area contributed by atoms with Crippen LogP contribution >= 0.6 is 0 Å². The van der Waals surface area contributed by atoms with Crippen molar-refractivity contribution in [2.75, 3.05) is 33.1 Å². The van der Waals surface area contributed by atoms with Crippen LogP contribution in [0.4, 0.5) is 5.82 Å². The van der Waals surface area contributed by atoms with Gasteiger partial charge in [0.05, 0.1) is 25.3 Å². The zero-order valence-electron chi connectivity index (χ0n) is 26.6. The number of hydrogen-bond donors (Lipinski definition) is 2. The largest absolute Gasteiger partial charge is 0.496 e. The van der Waals surface area contributed by atoms with E-state index in [1.54, 1.807) is 25.4 Å². The normalized spacial score (nSPS) is 15.9. The van der Waals surface area contributed by atoms with E-state index in [0.717, 1.165) is 37.7 Å². The number of nitrogens with two attached hydrogens (primary N) is 1. The Bertz CT molecular complexity index is 1620. The Hall–Kier alpha value is -4.77. The molecule has 1 fully saturated rings. The van der Waals surface area contributed by atoms with E-state index < -0.39 is 0 Å². The summed E-state index contributed by atoms with van der Waals surface area (Å²) >= 11 is 0. The monoisotopic (exact) mass is 613 g/mol. The van der Waals surface area contributed by atoms with Gasteiger partial charge in [-0.05, 0) is 50.8 Å². The maximum absolute atomic E-state index is 13.4. The molecule has 3 N–H and O–H groups in total. The zero-order valence-corrected chi connectivity index (χ0v) is 26.6. The van der Waals surface area contributed by atoms with E-state index in [-0.39, 0.29) is 24.3 Å². The highest BCUT2D eigenvalue weighted by molar-refractivity contribution is 6.11. The van der Waals surface area contributed by atoms with Gasteiger partial charge in [-0.25, -0.2) is 15.0 Å². The number of aromatic nitrogens is 3. The minimum absolute atomic E-state index is 0.0310. The smallest absolute Gasteiger partial charge is 0.260 e. The zero-order chi connectivity index (χ0) is 32.3. The number of aliphatic imine (C=N–C) groups is 1. The minimum Gasteiger partial charge on any atom is -0.496 e. The predicted octanol–water partition coefficient (Wildman–Crippen LogP) is 5.65. The molecular weight excluding hydrogens is 570 g/mol. The molecule has 45 heavy (non-hydrogen) atoms. The number of hydrogen-bond acceptors (Lipinski definition) is 8. The summed E-state index contributed by atoms with van der Waals surface area (Å²) in [6.07, 6.45) is 15.2. The van der Waals surface area contributed by atoms with Gasteiger partial charge < -0.3 is 25.4 Å². The minimum atomic E-state index is -0.368. The molecule has 11 heteroatoms. The highest BCUT2D eigenvalue weighted by Crippen LogP contribution is 2.37. The van der Waals surface area contributed by atoms with Gasteiger partial charge in [0.15, 0.2) is 0 Å². The van der Waals surface area contributed by atoms with E-state index in [2.05, 4.69) is 28.8 Å². The first-order valence-corrected chi connectivity index (χ1v) is 15.2. The summed E-state index contributed by atoms with van der Waals surface area (Å²) in [7, 11) is 3.13. The van der Waals surface area contributed by atoms with Crippen LogP contribution in [0.15, 0.2) is 72.2 Å². The van der Waals surface area contributed by atoms with E-state index in [1.807, 2.05) is 46.7 Å². The fourth-order valence-corrected chi connectivity index (χ4v) is 5.60. The number of anilines is 1. The Balaban J connectivity index is 1.71. The van der Waals surface area contributed by atoms with Crippen molar-refractivity contribution in [3.8, 4) is 17.0 Å². The van der Waals surface area contributed by atoms with Crippen molar-refractivity contribution in [3.63, 3.8) is 0 Å². The highest BCUT2D eigenvalue weighted by Gasteiger charge is 2.32. The van der Waals surface area contributed by atoms with Crippen molar-refractivity contribution in [1.82, 2.24) is 24.6 Å². The van der Waals surface area contributed by atoms with Crippen LogP contribution in [0.3, 0.4) is 0 Å². The summed E-state index contributed by atoms with van der Waals surface area (Å²) in [6, 6.07) is 5.03. The second-order valence-electron chi connectivity index (χ2n) is 10.9. The lowest BCUT2D eigenvalue weighted by molar-refractivity contribution is -0.134. The van der Waals surface area contributed by atoms with Crippen LogP contribution in [0, 0.1) is 0 Å².